The van der Waals surface area contributed by atoms with Crippen LogP contribution >= 0.6 is 0 Å². The van der Waals surface area contributed by atoms with Crippen LogP contribution in [0, 0.1) is 15.5 Å². The van der Waals surface area contributed by atoms with Crippen LogP contribution in [0.5, 0.6) is 0 Å². The average Bonchev–Trinajstić information content (AvgIpc) is 2.44. The third-order valence-electron chi connectivity index (χ3n) is 3.44. The van der Waals surface area contributed by atoms with Gasteiger partial charge in [-0.1, -0.05) is 26.8 Å². The van der Waals surface area contributed by atoms with E-state index >= 15 is 0 Å². The number of para-hydroxylation sites is 1. The van der Waals surface area contributed by atoms with Gasteiger partial charge in [-0.25, -0.2) is 13.1 Å². The van der Waals surface area contributed by atoms with Gasteiger partial charge in [0, 0.05) is 13.6 Å². The SMILES string of the molecule is CCC(C)(C)CNS(=O)(=O)c1cccc(NC)c1[N+](=O)[O-]. The van der Waals surface area contributed by atoms with Crippen LogP contribution in [0.25, 0.3) is 0 Å². The molecule has 0 aromatic heterocycles. The molecule has 118 valence electrons. The van der Waals surface area contributed by atoms with E-state index in [2.05, 4.69) is 10.0 Å². The fraction of sp³-hybridized carbons (Fsp3) is 0.538. The van der Waals surface area contributed by atoms with Crippen molar-refractivity contribution in [1.82, 2.24) is 4.72 Å². The molecule has 0 aliphatic carbocycles. The van der Waals surface area contributed by atoms with E-state index in [0.29, 0.717) is 0 Å². The molecular weight excluding hydrogens is 294 g/mol. The molecule has 0 heterocycles. The van der Waals surface area contributed by atoms with E-state index in [1.165, 1.54) is 25.2 Å². The van der Waals surface area contributed by atoms with Crippen molar-refractivity contribution in [3.05, 3.63) is 28.3 Å². The van der Waals surface area contributed by atoms with Gasteiger partial charge in [0.2, 0.25) is 10.0 Å². The van der Waals surface area contributed by atoms with Crippen LogP contribution in [-0.4, -0.2) is 26.9 Å². The molecule has 0 bridgehead atoms. The van der Waals surface area contributed by atoms with Crippen molar-refractivity contribution in [2.45, 2.75) is 32.1 Å². The van der Waals surface area contributed by atoms with Gasteiger partial charge in [0.1, 0.15) is 5.69 Å². The molecule has 2 N–H and O–H groups in total. The number of anilines is 1. The van der Waals surface area contributed by atoms with Crippen LogP contribution in [0.15, 0.2) is 23.1 Å². The van der Waals surface area contributed by atoms with E-state index in [9.17, 15) is 18.5 Å². The first-order chi connectivity index (χ1) is 9.64. The zero-order chi connectivity index (χ0) is 16.3. The topological polar surface area (TPSA) is 101 Å². The number of hydrogen-bond acceptors (Lipinski definition) is 5. The van der Waals surface area contributed by atoms with E-state index in [4.69, 9.17) is 0 Å². The van der Waals surface area contributed by atoms with Crippen molar-refractivity contribution < 1.29 is 13.3 Å². The molecule has 21 heavy (non-hydrogen) atoms. The molecule has 0 radical (unpaired) electrons. The van der Waals surface area contributed by atoms with Crippen LogP contribution in [0.4, 0.5) is 11.4 Å². The summed E-state index contributed by atoms with van der Waals surface area (Å²) in [5.74, 6) is 0. The summed E-state index contributed by atoms with van der Waals surface area (Å²) in [5.41, 5.74) is -0.498. The first-order valence-electron chi connectivity index (χ1n) is 6.59. The molecule has 1 rings (SSSR count). The van der Waals surface area contributed by atoms with Gasteiger partial charge in [-0.3, -0.25) is 10.1 Å². The number of hydrogen-bond donors (Lipinski definition) is 2. The summed E-state index contributed by atoms with van der Waals surface area (Å²) < 4.78 is 27.1. The third kappa shape index (κ3) is 4.15. The van der Waals surface area contributed by atoms with Gasteiger partial charge in [0.15, 0.2) is 4.90 Å². The molecule has 1 aromatic rings. The van der Waals surface area contributed by atoms with Crippen LogP contribution in [0.3, 0.4) is 0 Å². The standard InChI is InChI=1S/C13H21N3O4S/c1-5-13(2,3)9-15-21(19,20)11-8-6-7-10(14-4)12(11)16(17)18/h6-8,14-15H,5,9H2,1-4H3. The minimum Gasteiger partial charge on any atom is -0.383 e. The van der Waals surface area contributed by atoms with E-state index in [1.807, 2.05) is 20.8 Å². The number of nitro groups is 1. The molecule has 0 spiro atoms. The Balaban J connectivity index is 3.23. The molecular formula is C13H21N3O4S. The Morgan fingerprint density at radius 2 is 1.95 bits per heavy atom. The van der Waals surface area contributed by atoms with Gasteiger partial charge in [-0.2, -0.15) is 0 Å². The van der Waals surface area contributed by atoms with E-state index in [0.717, 1.165) is 6.42 Å². The minimum absolute atomic E-state index is 0.164. The Hall–Kier alpha value is -1.67. The molecule has 0 unspecified atom stereocenters. The highest BCUT2D eigenvalue weighted by Crippen LogP contribution is 2.31. The molecule has 0 atom stereocenters. The highest BCUT2D eigenvalue weighted by molar-refractivity contribution is 7.89. The Kier molecular flexibility index (Phi) is 5.30. The largest absolute Gasteiger partial charge is 0.383 e. The zero-order valence-electron chi connectivity index (χ0n) is 12.6. The molecule has 0 aliphatic heterocycles. The Bertz CT molecular complexity index is 626. The van der Waals surface area contributed by atoms with E-state index < -0.39 is 20.6 Å². The number of nitrogens with one attached hydrogen (secondary N) is 2. The van der Waals surface area contributed by atoms with Crippen LogP contribution in [-0.2, 0) is 10.0 Å². The Morgan fingerprint density at radius 1 is 1.33 bits per heavy atom. The highest BCUT2D eigenvalue weighted by atomic mass is 32.2. The van der Waals surface area contributed by atoms with Crippen LogP contribution in [0.2, 0.25) is 0 Å². The summed E-state index contributed by atoms with van der Waals surface area (Å²) in [7, 11) is -2.44. The maximum atomic E-state index is 12.3. The molecule has 8 heteroatoms. The summed E-state index contributed by atoms with van der Waals surface area (Å²) in [6.07, 6.45) is 0.786. The molecule has 0 saturated heterocycles. The van der Waals surface area contributed by atoms with Crippen molar-refractivity contribution in [1.29, 1.82) is 0 Å². The minimum atomic E-state index is -3.94. The van der Waals surface area contributed by atoms with Crippen molar-refractivity contribution >= 4 is 21.4 Å². The fourth-order valence-electron chi connectivity index (χ4n) is 1.62. The second-order valence-corrected chi connectivity index (χ2v) is 7.24. The Labute approximate surface area is 124 Å². The van der Waals surface area contributed by atoms with Crippen molar-refractivity contribution in [2.24, 2.45) is 5.41 Å². The monoisotopic (exact) mass is 315 g/mol. The molecule has 1 aromatic carbocycles. The predicted octanol–water partition coefficient (Wildman–Crippen LogP) is 2.35. The number of benzene rings is 1. The fourth-order valence-corrected chi connectivity index (χ4v) is 3.06. The van der Waals surface area contributed by atoms with Crippen molar-refractivity contribution in [2.75, 3.05) is 18.9 Å². The number of rotatable bonds is 7. The Morgan fingerprint density at radius 3 is 2.43 bits per heavy atom. The van der Waals surface area contributed by atoms with Crippen molar-refractivity contribution in [3.63, 3.8) is 0 Å². The van der Waals surface area contributed by atoms with E-state index in [1.54, 1.807) is 0 Å². The lowest BCUT2D eigenvalue weighted by Crippen LogP contribution is -2.34. The lowest BCUT2D eigenvalue weighted by molar-refractivity contribution is -0.386. The maximum absolute atomic E-state index is 12.3. The molecule has 0 saturated carbocycles. The number of nitro benzene ring substituents is 1. The summed E-state index contributed by atoms with van der Waals surface area (Å²) in [5, 5.41) is 13.8. The normalized spacial score (nSPS) is 12.2. The summed E-state index contributed by atoms with van der Waals surface area (Å²) in [6.45, 7) is 6.02. The van der Waals surface area contributed by atoms with Gasteiger partial charge >= 0.3 is 5.69 Å². The van der Waals surface area contributed by atoms with Gasteiger partial charge in [0.25, 0.3) is 0 Å². The molecule has 0 aliphatic rings. The van der Waals surface area contributed by atoms with Crippen LogP contribution < -0.4 is 10.0 Å². The first kappa shape index (κ1) is 17.4. The first-order valence-corrected chi connectivity index (χ1v) is 8.08. The molecule has 0 fully saturated rings. The molecule has 0 amide bonds. The maximum Gasteiger partial charge on any atom is 0.312 e. The highest BCUT2D eigenvalue weighted by Gasteiger charge is 2.29. The quantitative estimate of drug-likeness (QED) is 0.594. The number of nitrogens with zero attached hydrogens (tertiary/aromatic N) is 1. The lowest BCUT2D eigenvalue weighted by atomic mass is 9.91. The van der Waals surface area contributed by atoms with Gasteiger partial charge in [-0.15, -0.1) is 0 Å². The summed E-state index contributed by atoms with van der Waals surface area (Å²) in [4.78, 5) is 10.2. The lowest BCUT2D eigenvalue weighted by Gasteiger charge is -2.22. The predicted molar refractivity (Wildman–Crippen MR) is 81.9 cm³/mol. The number of sulfonamides is 1. The van der Waals surface area contributed by atoms with Crippen LogP contribution in [0.1, 0.15) is 27.2 Å². The zero-order valence-corrected chi connectivity index (χ0v) is 13.5. The second-order valence-electron chi connectivity index (χ2n) is 5.50. The van der Waals surface area contributed by atoms with Gasteiger partial charge < -0.3 is 5.32 Å². The smallest absolute Gasteiger partial charge is 0.312 e. The average molecular weight is 315 g/mol. The third-order valence-corrected chi connectivity index (χ3v) is 4.87. The summed E-state index contributed by atoms with van der Waals surface area (Å²) >= 11 is 0. The van der Waals surface area contributed by atoms with Gasteiger partial charge in [-0.05, 0) is 24.0 Å². The van der Waals surface area contributed by atoms with E-state index in [-0.39, 0.29) is 22.5 Å². The van der Waals surface area contributed by atoms with Crippen molar-refractivity contribution in [3.8, 4) is 0 Å². The molecule has 7 nitrogen and oxygen atoms in total. The second kappa shape index (κ2) is 6.40. The summed E-state index contributed by atoms with van der Waals surface area (Å²) in [6, 6.07) is 4.17. The van der Waals surface area contributed by atoms with Gasteiger partial charge in [0.05, 0.1) is 4.92 Å².